The molecule has 0 saturated carbocycles. The number of nitrogens with one attached hydrogen (secondary N) is 1. The lowest BCUT2D eigenvalue weighted by molar-refractivity contribution is -0.121. The zero-order chi connectivity index (χ0) is 14.5. The highest BCUT2D eigenvalue weighted by Crippen LogP contribution is 2.16. The van der Waals surface area contributed by atoms with E-state index in [1.807, 2.05) is 49.4 Å². The van der Waals surface area contributed by atoms with Crippen molar-refractivity contribution < 1.29 is 4.79 Å². The summed E-state index contributed by atoms with van der Waals surface area (Å²) in [4.78, 5) is 12.0. The van der Waals surface area contributed by atoms with Gasteiger partial charge in [0.1, 0.15) is 0 Å². The average molecular weight is 289 g/mol. The van der Waals surface area contributed by atoms with Crippen molar-refractivity contribution in [3.05, 3.63) is 64.7 Å². The Labute approximate surface area is 123 Å². The highest BCUT2D eigenvalue weighted by Gasteiger charge is 2.10. The molecule has 0 radical (unpaired) electrons. The maximum Gasteiger partial charge on any atom is 0.224 e. The van der Waals surface area contributed by atoms with Gasteiger partial charge in [-0.05, 0) is 42.3 Å². The van der Waals surface area contributed by atoms with Crippen LogP contribution in [0.4, 0.5) is 5.69 Å². The van der Waals surface area contributed by atoms with Crippen LogP contribution in [0, 0.1) is 0 Å². The maximum atomic E-state index is 12.0. The number of hydrogen-bond acceptors (Lipinski definition) is 2. The molecule has 0 aliphatic carbocycles. The summed E-state index contributed by atoms with van der Waals surface area (Å²) < 4.78 is 0. The number of nitrogen functional groups attached to an aromatic ring is 1. The minimum Gasteiger partial charge on any atom is -0.399 e. The second kappa shape index (κ2) is 6.44. The largest absolute Gasteiger partial charge is 0.399 e. The lowest BCUT2D eigenvalue weighted by atomic mass is 10.1. The molecule has 0 bridgehead atoms. The Hall–Kier alpha value is -2.00. The maximum absolute atomic E-state index is 12.0. The van der Waals surface area contributed by atoms with Crippen molar-refractivity contribution in [2.24, 2.45) is 0 Å². The van der Waals surface area contributed by atoms with E-state index in [0.29, 0.717) is 17.1 Å². The van der Waals surface area contributed by atoms with E-state index in [-0.39, 0.29) is 11.9 Å². The van der Waals surface area contributed by atoms with Gasteiger partial charge < -0.3 is 11.1 Å². The van der Waals surface area contributed by atoms with Gasteiger partial charge in [-0.1, -0.05) is 35.9 Å². The normalized spacial score (nSPS) is 11.9. The van der Waals surface area contributed by atoms with Crippen LogP contribution < -0.4 is 11.1 Å². The minimum absolute atomic E-state index is 0.0296. The molecule has 0 aliphatic rings. The molecule has 0 heterocycles. The van der Waals surface area contributed by atoms with Crippen molar-refractivity contribution in [2.45, 2.75) is 19.4 Å². The first-order valence-corrected chi connectivity index (χ1v) is 6.81. The summed E-state index contributed by atoms with van der Waals surface area (Å²) in [6.45, 7) is 1.94. The molecule has 2 aromatic carbocycles. The van der Waals surface area contributed by atoms with Gasteiger partial charge >= 0.3 is 0 Å². The van der Waals surface area contributed by atoms with Crippen LogP contribution in [-0.4, -0.2) is 5.91 Å². The van der Waals surface area contributed by atoms with Gasteiger partial charge in [-0.25, -0.2) is 0 Å². The van der Waals surface area contributed by atoms with Crippen LogP contribution in [-0.2, 0) is 11.2 Å². The molecular weight excluding hydrogens is 272 g/mol. The molecule has 0 unspecified atom stereocenters. The highest BCUT2D eigenvalue weighted by atomic mass is 35.5. The quantitative estimate of drug-likeness (QED) is 0.848. The number of anilines is 1. The summed E-state index contributed by atoms with van der Waals surface area (Å²) in [6.07, 6.45) is 0.322. The van der Waals surface area contributed by atoms with Crippen LogP contribution >= 0.6 is 11.6 Å². The van der Waals surface area contributed by atoms with Gasteiger partial charge in [0.15, 0.2) is 0 Å². The van der Waals surface area contributed by atoms with Crippen LogP contribution in [0.15, 0.2) is 48.5 Å². The van der Waals surface area contributed by atoms with E-state index in [9.17, 15) is 4.79 Å². The van der Waals surface area contributed by atoms with E-state index in [2.05, 4.69) is 5.32 Å². The van der Waals surface area contributed by atoms with Gasteiger partial charge in [0.2, 0.25) is 5.91 Å². The summed E-state index contributed by atoms with van der Waals surface area (Å²) in [7, 11) is 0. The van der Waals surface area contributed by atoms with E-state index in [1.165, 1.54) is 0 Å². The number of amides is 1. The van der Waals surface area contributed by atoms with Gasteiger partial charge in [-0.2, -0.15) is 0 Å². The number of carbonyl (C=O) groups excluding carboxylic acids is 1. The van der Waals surface area contributed by atoms with Gasteiger partial charge in [0, 0.05) is 10.7 Å². The fraction of sp³-hybridized carbons (Fsp3) is 0.188. The predicted octanol–water partition coefficient (Wildman–Crippen LogP) is 3.34. The number of hydrogen-bond donors (Lipinski definition) is 2. The van der Waals surface area contributed by atoms with Crippen molar-refractivity contribution in [1.82, 2.24) is 5.32 Å². The Balaban J connectivity index is 1.95. The van der Waals surface area contributed by atoms with Crippen LogP contribution in [0.3, 0.4) is 0 Å². The lowest BCUT2D eigenvalue weighted by Crippen LogP contribution is -2.28. The summed E-state index contributed by atoms with van der Waals surface area (Å²) in [5, 5.41) is 3.65. The third-order valence-electron chi connectivity index (χ3n) is 3.06. The average Bonchev–Trinajstić information content (AvgIpc) is 2.39. The molecule has 104 valence electrons. The van der Waals surface area contributed by atoms with Crippen LogP contribution in [0.5, 0.6) is 0 Å². The molecule has 0 saturated heterocycles. The third-order valence-corrected chi connectivity index (χ3v) is 3.32. The standard InChI is InChI=1S/C16H17ClN2O/c1-11(13-5-7-14(17)8-6-13)19-16(20)10-12-3-2-4-15(18)9-12/h2-9,11H,10,18H2,1H3,(H,19,20)/t11-/m1/s1. The molecule has 1 atom stereocenters. The Morgan fingerprint density at radius 2 is 1.95 bits per heavy atom. The molecule has 0 fully saturated rings. The monoisotopic (exact) mass is 288 g/mol. The molecule has 2 aromatic rings. The van der Waals surface area contributed by atoms with Gasteiger partial charge in [0.25, 0.3) is 0 Å². The molecule has 3 N–H and O–H groups in total. The fourth-order valence-corrected chi connectivity index (χ4v) is 2.14. The Morgan fingerprint density at radius 1 is 1.25 bits per heavy atom. The first-order valence-electron chi connectivity index (χ1n) is 6.44. The van der Waals surface area contributed by atoms with Crippen molar-refractivity contribution in [2.75, 3.05) is 5.73 Å². The van der Waals surface area contributed by atoms with E-state index in [4.69, 9.17) is 17.3 Å². The zero-order valence-corrected chi connectivity index (χ0v) is 12.0. The number of carbonyl (C=O) groups is 1. The number of rotatable bonds is 4. The summed E-state index contributed by atoms with van der Waals surface area (Å²) in [5.41, 5.74) is 8.30. The van der Waals surface area contributed by atoms with Crippen molar-refractivity contribution in [3.8, 4) is 0 Å². The molecular formula is C16H17ClN2O. The molecule has 0 spiro atoms. The first-order chi connectivity index (χ1) is 9.54. The molecule has 0 aromatic heterocycles. The van der Waals surface area contributed by atoms with E-state index in [1.54, 1.807) is 6.07 Å². The second-order valence-electron chi connectivity index (χ2n) is 4.76. The van der Waals surface area contributed by atoms with Crippen molar-refractivity contribution >= 4 is 23.2 Å². The smallest absolute Gasteiger partial charge is 0.224 e. The highest BCUT2D eigenvalue weighted by molar-refractivity contribution is 6.30. The first kappa shape index (κ1) is 14.4. The second-order valence-corrected chi connectivity index (χ2v) is 5.20. The summed E-state index contributed by atoms with van der Waals surface area (Å²) in [5.74, 6) is -0.0296. The summed E-state index contributed by atoms with van der Waals surface area (Å²) >= 11 is 5.85. The molecule has 4 heteroatoms. The van der Waals surface area contributed by atoms with Gasteiger partial charge in [-0.3, -0.25) is 4.79 Å². The van der Waals surface area contributed by atoms with Crippen molar-refractivity contribution in [3.63, 3.8) is 0 Å². The predicted molar refractivity (Wildman–Crippen MR) is 82.6 cm³/mol. The third kappa shape index (κ3) is 4.00. The number of halogens is 1. The van der Waals surface area contributed by atoms with E-state index >= 15 is 0 Å². The van der Waals surface area contributed by atoms with Crippen LogP contribution in [0.1, 0.15) is 24.1 Å². The Kier molecular flexibility index (Phi) is 4.64. The van der Waals surface area contributed by atoms with Gasteiger partial charge in [-0.15, -0.1) is 0 Å². The molecule has 3 nitrogen and oxygen atoms in total. The topological polar surface area (TPSA) is 55.1 Å². The molecule has 20 heavy (non-hydrogen) atoms. The number of benzene rings is 2. The Morgan fingerprint density at radius 3 is 2.60 bits per heavy atom. The lowest BCUT2D eigenvalue weighted by Gasteiger charge is -2.14. The van der Waals surface area contributed by atoms with E-state index in [0.717, 1.165) is 11.1 Å². The molecule has 2 rings (SSSR count). The molecule has 1 amide bonds. The van der Waals surface area contributed by atoms with Crippen molar-refractivity contribution in [1.29, 1.82) is 0 Å². The minimum atomic E-state index is -0.0548. The Bertz CT molecular complexity index is 596. The summed E-state index contributed by atoms with van der Waals surface area (Å²) in [6, 6.07) is 14.8. The fourth-order valence-electron chi connectivity index (χ4n) is 2.02. The number of nitrogens with two attached hydrogens (primary N) is 1. The van der Waals surface area contributed by atoms with Crippen LogP contribution in [0.2, 0.25) is 5.02 Å². The van der Waals surface area contributed by atoms with Gasteiger partial charge in [0.05, 0.1) is 12.5 Å². The van der Waals surface area contributed by atoms with Crippen LogP contribution in [0.25, 0.3) is 0 Å². The van der Waals surface area contributed by atoms with E-state index < -0.39 is 0 Å². The zero-order valence-electron chi connectivity index (χ0n) is 11.3. The SMILES string of the molecule is C[C@@H](NC(=O)Cc1cccc(N)c1)c1ccc(Cl)cc1. The molecule has 0 aliphatic heterocycles.